The Labute approximate surface area is 124 Å². The minimum Gasteiger partial charge on any atom is -0.435 e. The number of esters is 3. The number of carbonyl (C=O) groups is 3. The van der Waals surface area contributed by atoms with Crippen LogP contribution >= 0.6 is 0 Å². The van der Waals surface area contributed by atoms with E-state index in [-0.39, 0.29) is 12.8 Å². The maximum absolute atomic E-state index is 11.8. The summed E-state index contributed by atoms with van der Waals surface area (Å²) in [4.78, 5) is 34.8. The number of ether oxygens (including phenoxy) is 3. The molecule has 0 fully saturated rings. The highest BCUT2D eigenvalue weighted by molar-refractivity contribution is 5.84. The first-order valence-corrected chi connectivity index (χ1v) is 6.48. The Morgan fingerprint density at radius 1 is 0.762 bits per heavy atom. The van der Waals surface area contributed by atoms with E-state index in [1.807, 2.05) is 0 Å². The second-order valence-corrected chi connectivity index (χ2v) is 3.93. The van der Waals surface area contributed by atoms with Crippen molar-refractivity contribution in [2.24, 2.45) is 5.92 Å². The summed E-state index contributed by atoms with van der Waals surface area (Å²) in [5, 5.41) is 0. The molecule has 0 saturated carbocycles. The summed E-state index contributed by atoms with van der Waals surface area (Å²) in [6.07, 6.45) is 7.63. The number of carbonyl (C=O) groups excluding carboxylic acids is 3. The van der Waals surface area contributed by atoms with Crippen LogP contribution in [0.4, 0.5) is 0 Å². The molecule has 0 unspecified atom stereocenters. The second-order valence-electron chi connectivity index (χ2n) is 3.93. The van der Waals surface area contributed by atoms with Gasteiger partial charge in [-0.15, -0.1) is 0 Å². The van der Waals surface area contributed by atoms with Crippen molar-refractivity contribution in [3.05, 3.63) is 37.0 Å². The first-order valence-electron chi connectivity index (χ1n) is 6.48. The third-order valence-electron chi connectivity index (χ3n) is 2.15. The normalized spacial score (nSPS) is 12.7. The summed E-state index contributed by atoms with van der Waals surface area (Å²) in [6, 6.07) is 0. The van der Waals surface area contributed by atoms with E-state index in [0.29, 0.717) is 0 Å². The lowest BCUT2D eigenvalue weighted by molar-refractivity contribution is -0.153. The van der Waals surface area contributed by atoms with Gasteiger partial charge in [0.05, 0.1) is 37.5 Å². The largest absolute Gasteiger partial charge is 0.435 e. The molecule has 0 aromatic rings. The van der Waals surface area contributed by atoms with E-state index >= 15 is 0 Å². The lowest BCUT2D eigenvalue weighted by Gasteiger charge is -2.12. The summed E-state index contributed by atoms with van der Waals surface area (Å²) in [7, 11) is 0. The van der Waals surface area contributed by atoms with Crippen molar-refractivity contribution in [1.82, 2.24) is 0 Å². The van der Waals surface area contributed by atoms with Crippen LogP contribution < -0.4 is 0 Å². The zero-order valence-corrected chi connectivity index (χ0v) is 12.4. The van der Waals surface area contributed by atoms with Gasteiger partial charge in [0, 0.05) is 0 Å². The highest BCUT2D eigenvalue weighted by Crippen LogP contribution is 2.14. The highest BCUT2D eigenvalue weighted by atomic mass is 16.5. The molecule has 0 N–H and O–H groups in total. The third kappa shape index (κ3) is 9.21. The van der Waals surface area contributed by atoms with Crippen molar-refractivity contribution in [1.29, 1.82) is 0 Å². The van der Waals surface area contributed by atoms with Crippen LogP contribution in [0.1, 0.15) is 33.6 Å². The number of hydrogen-bond donors (Lipinski definition) is 0. The Kier molecular flexibility index (Phi) is 10.2. The van der Waals surface area contributed by atoms with Crippen LogP contribution in [-0.2, 0) is 28.6 Å². The summed E-state index contributed by atoms with van der Waals surface area (Å²) >= 11 is 0. The molecule has 0 atom stereocenters. The van der Waals surface area contributed by atoms with E-state index in [1.165, 1.54) is 37.0 Å². The van der Waals surface area contributed by atoms with E-state index in [4.69, 9.17) is 14.2 Å². The van der Waals surface area contributed by atoms with Gasteiger partial charge in [0.2, 0.25) is 0 Å². The van der Waals surface area contributed by atoms with Gasteiger partial charge >= 0.3 is 17.9 Å². The summed E-state index contributed by atoms with van der Waals surface area (Å²) in [5.41, 5.74) is 0. The standard InChI is InChI=1S/C15H20O6/c1-4-7-19-13(16)10-12(15(18)21-9-6-3)11-14(17)20-8-5-2/h4-9,12H,10-11H2,1-3H3. The molecule has 21 heavy (non-hydrogen) atoms. The fraction of sp³-hybridized carbons (Fsp3) is 0.400. The van der Waals surface area contributed by atoms with E-state index in [9.17, 15) is 14.4 Å². The molecule has 0 aliphatic heterocycles. The number of rotatable bonds is 8. The van der Waals surface area contributed by atoms with E-state index in [1.54, 1.807) is 20.8 Å². The van der Waals surface area contributed by atoms with Crippen LogP contribution in [0.15, 0.2) is 37.0 Å². The van der Waals surface area contributed by atoms with E-state index in [0.717, 1.165) is 0 Å². The molecule has 0 aromatic heterocycles. The number of allylic oxidation sites excluding steroid dienone is 3. The minimum atomic E-state index is -0.961. The average molecular weight is 296 g/mol. The van der Waals surface area contributed by atoms with Crippen molar-refractivity contribution < 1.29 is 28.6 Å². The van der Waals surface area contributed by atoms with Crippen LogP contribution in [0, 0.1) is 5.92 Å². The van der Waals surface area contributed by atoms with Gasteiger partial charge in [-0.25, -0.2) is 0 Å². The Bertz CT molecular complexity index is 405. The molecule has 0 heterocycles. The van der Waals surface area contributed by atoms with Crippen molar-refractivity contribution in [2.75, 3.05) is 0 Å². The van der Waals surface area contributed by atoms with Gasteiger partial charge in [0.15, 0.2) is 0 Å². The maximum atomic E-state index is 11.8. The monoisotopic (exact) mass is 296 g/mol. The molecule has 116 valence electrons. The smallest absolute Gasteiger partial charge is 0.314 e. The van der Waals surface area contributed by atoms with Crippen LogP contribution in [0.25, 0.3) is 0 Å². The molecule has 0 amide bonds. The Morgan fingerprint density at radius 2 is 1.14 bits per heavy atom. The van der Waals surface area contributed by atoms with Gasteiger partial charge in [0.1, 0.15) is 0 Å². The zero-order chi connectivity index (χ0) is 16.1. The van der Waals surface area contributed by atoms with Gasteiger partial charge in [-0.1, -0.05) is 18.2 Å². The first kappa shape index (κ1) is 18.6. The number of hydrogen-bond acceptors (Lipinski definition) is 6. The molecule has 0 aliphatic carbocycles. The van der Waals surface area contributed by atoms with Gasteiger partial charge in [-0.05, 0) is 20.8 Å². The molecule has 0 aromatic carbocycles. The minimum absolute atomic E-state index is 0.272. The van der Waals surface area contributed by atoms with Crippen LogP contribution in [0.3, 0.4) is 0 Å². The van der Waals surface area contributed by atoms with Crippen molar-refractivity contribution in [2.45, 2.75) is 33.6 Å². The summed E-state index contributed by atoms with van der Waals surface area (Å²) < 4.78 is 14.2. The van der Waals surface area contributed by atoms with Crippen molar-refractivity contribution in [3.8, 4) is 0 Å². The topological polar surface area (TPSA) is 78.9 Å². The highest BCUT2D eigenvalue weighted by Gasteiger charge is 2.27. The van der Waals surface area contributed by atoms with Crippen LogP contribution in [0.5, 0.6) is 0 Å². The second kappa shape index (κ2) is 11.5. The Morgan fingerprint density at radius 3 is 1.52 bits per heavy atom. The Balaban J connectivity index is 4.70. The molecular weight excluding hydrogens is 276 g/mol. The molecule has 6 nitrogen and oxygen atoms in total. The van der Waals surface area contributed by atoms with Crippen molar-refractivity contribution >= 4 is 17.9 Å². The molecule has 6 heteroatoms. The predicted molar refractivity (Wildman–Crippen MR) is 75.4 cm³/mol. The predicted octanol–water partition coefficient (Wildman–Crippen LogP) is 2.61. The SMILES string of the molecule is CC=COC(=O)CC(CC(=O)OC=CC)C(=O)OC=CC. The fourth-order valence-electron chi connectivity index (χ4n) is 1.26. The molecule has 0 rings (SSSR count). The molecule has 0 aliphatic rings. The van der Waals surface area contributed by atoms with Crippen LogP contribution in [-0.4, -0.2) is 17.9 Å². The average Bonchev–Trinajstić information content (AvgIpc) is 2.47. The molecular formula is C15H20O6. The van der Waals surface area contributed by atoms with Gasteiger partial charge in [-0.2, -0.15) is 0 Å². The van der Waals surface area contributed by atoms with Gasteiger partial charge in [0.25, 0.3) is 0 Å². The maximum Gasteiger partial charge on any atom is 0.314 e. The van der Waals surface area contributed by atoms with Gasteiger partial charge < -0.3 is 14.2 Å². The summed E-state index contributed by atoms with van der Waals surface area (Å²) in [6.45, 7) is 5.03. The van der Waals surface area contributed by atoms with Crippen LogP contribution in [0.2, 0.25) is 0 Å². The molecule has 0 saturated heterocycles. The van der Waals surface area contributed by atoms with E-state index in [2.05, 4.69) is 0 Å². The zero-order valence-electron chi connectivity index (χ0n) is 12.4. The lowest BCUT2D eigenvalue weighted by atomic mass is 10.0. The fourth-order valence-corrected chi connectivity index (χ4v) is 1.26. The van der Waals surface area contributed by atoms with Gasteiger partial charge in [-0.3, -0.25) is 14.4 Å². The molecule has 0 spiro atoms. The quantitative estimate of drug-likeness (QED) is 0.389. The molecule has 0 radical (unpaired) electrons. The van der Waals surface area contributed by atoms with Crippen molar-refractivity contribution in [3.63, 3.8) is 0 Å². The first-order chi connectivity index (χ1) is 10.0. The third-order valence-corrected chi connectivity index (χ3v) is 2.15. The summed E-state index contributed by atoms with van der Waals surface area (Å²) in [5.74, 6) is -2.91. The lowest BCUT2D eigenvalue weighted by Crippen LogP contribution is -2.23. The Hall–Kier alpha value is -2.37. The van der Waals surface area contributed by atoms with E-state index < -0.39 is 23.8 Å². The molecule has 0 bridgehead atoms.